The van der Waals surface area contributed by atoms with Gasteiger partial charge in [0.2, 0.25) is 0 Å². The van der Waals surface area contributed by atoms with Crippen LogP contribution in [-0.4, -0.2) is 10.9 Å². The Kier molecular flexibility index (Phi) is 5.62. The largest absolute Gasteiger partial charge is 0.388 e. The van der Waals surface area contributed by atoms with Crippen molar-refractivity contribution in [2.75, 3.05) is 5.75 Å². The maximum Gasteiger partial charge on any atom is 0.136 e. The third-order valence-electron chi connectivity index (χ3n) is 3.14. The van der Waals surface area contributed by atoms with Gasteiger partial charge in [0.1, 0.15) is 5.82 Å². The van der Waals surface area contributed by atoms with E-state index in [1.807, 2.05) is 12.1 Å². The van der Waals surface area contributed by atoms with Crippen molar-refractivity contribution in [1.82, 2.24) is 0 Å². The van der Waals surface area contributed by atoms with Crippen molar-refractivity contribution in [3.05, 3.63) is 65.5 Å². The van der Waals surface area contributed by atoms with Gasteiger partial charge in [-0.15, -0.1) is 11.8 Å². The fraction of sp³-hybridized carbons (Fsp3) is 0.294. The van der Waals surface area contributed by atoms with Gasteiger partial charge in [-0.05, 0) is 29.7 Å². The van der Waals surface area contributed by atoms with Gasteiger partial charge in [0.15, 0.2) is 0 Å². The van der Waals surface area contributed by atoms with Crippen LogP contribution in [0, 0.1) is 5.82 Å². The number of aliphatic hydroxyl groups is 1. The Morgan fingerprint density at radius 3 is 2.45 bits per heavy atom. The van der Waals surface area contributed by atoms with Gasteiger partial charge in [-0.2, -0.15) is 0 Å². The highest BCUT2D eigenvalue weighted by Gasteiger charge is 2.10. The van der Waals surface area contributed by atoms with E-state index in [1.54, 1.807) is 18.2 Å². The van der Waals surface area contributed by atoms with Gasteiger partial charge in [0.25, 0.3) is 0 Å². The average molecular weight is 290 g/mol. The summed E-state index contributed by atoms with van der Waals surface area (Å²) in [6.45, 7) is 2.15. The van der Waals surface area contributed by atoms with Crippen LogP contribution in [0.3, 0.4) is 0 Å². The first-order valence-corrected chi connectivity index (χ1v) is 7.83. The molecule has 20 heavy (non-hydrogen) atoms. The monoisotopic (exact) mass is 290 g/mol. The Balaban J connectivity index is 1.94. The predicted molar refractivity (Wildman–Crippen MR) is 82.5 cm³/mol. The van der Waals surface area contributed by atoms with Crippen LogP contribution in [0.1, 0.15) is 30.6 Å². The van der Waals surface area contributed by atoms with Crippen molar-refractivity contribution in [3.8, 4) is 0 Å². The molecule has 0 aliphatic carbocycles. The molecule has 0 amide bonds. The SMILES string of the molecule is CCCc1ccc(C(O)CSc2ccccc2F)cc1. The number of aliphatic hydroxyl groups excluding tert-OH is 1. The molecule has 0 bridgehead atoms. The predicted octanol–water partition coefficient (Wildman–Crippen LogP) is 4.60. The highest BCUT2D eigenvalue weighted by atomic mass is 32.2. The molecule has 0 aliphatic rings. The highest BCUT2D eigenvalue weighted by molar-refractivity contribution is 7.99. The molecule has 2 rings (SSSR count). The van der Waals surface area contributed by atoms with E-state index in [0.29, 0.717) is 10.6 Å². The third-order valence-corrected chi connectivity index (χ3v) is 4.26. The van der Waals surface area contributed by atoms with Crippen molar-refractivity contribution in [1.29, 1.82) is 0 Å². The fourth-order valence-corrected chi connectivity index (χ4v) is 2.93. The van der Waals surface area contributed by atoms with Gasteiger partial charge in [0, 0.05) is 10.6 Å². The lowest BCUT2D eigenvalue weighted by Crippen LogP contribution is -2.01. The summed E-state index contributed by atoms with van der Waals surface area (Å²) in [5.74, 6) is 0.219. The Morgan fingerprint density at radius 1 is 1.10 bits per heavy atom. The fourth-order valence-electron chi connectivity index (χ4n) is 2.02. The molecule has 1 N–H and O–H groups in total. The number of halogens is 1. The number of aryl methyl sites for hydroxylation is 1. The van der Waals surface area contributed by atoms with Crippen LogP contribution in [0.15, 0.2) is 53.4 Å². The molecular formula is C17H19FOS. The first kappa shape index (κ1) is 15.1. The highest BCUT2D eigenvalue weighted by Crippen LogP contribution is 2.26. The van der Waals surface area contributed by atoms with Crippen molar-refractivity contribution < 1.29 is 9.50 Å². The summed E-state index contributed by atoms with van der Waals surface area (Å²) in [5, 5.41) is 10.2. The minimum Gasteiger partial charge on any atom is -0.388 e. The van der Waals surface area contributed by atoms with Crippen molar-refractivity contribution in [2.24, 2.45) is 0 Å². The molecule has 1 atom stereocenters. The van der Waals surface area contributed by atoms with Crippen LogP contribution in [0.4, 0.5) is 4.39 Å². The number of hydrogen-bond donors (Lipinski definition) is 1. The standard InChI is InChI=1S/C17H19FOS/c1-2-5-13-8-10-14(11-9-13)16(19)12-20-17-7-4-3-6-15(17)18/h3-4,6-11,16,19H,2,5,12H2,1H3. The zero-order chi connectivity index (χ0) is 14.4. The lowest BCUT2D eigenvalue weighted by Gasteiger charge is -2.11. The number of benzene rings is 2. The molecule has 1 unspecified atom stereocenters. The zero-order valence-electron chi connectivity index (χ0n) is 11.6. The van der Waals surface area contributed by atoms with Crippen LogP contribution in [0.5, 0.6) is 0 Å². The van der Waals surface area contributed by atoms with E-state index in [-0.39, 0.29) is 5.82 Å². The summed E-state index contributed by atoms with van der Waals surface area (Å²) >= 11 is 1.34. The number of thioether (sulfide) groups is 1. The zero-order valence-corrected chi connectivity index (χ0v) is 12.4. The van der Waals surface area contributed by atoms with Crippen LogP contribution in [0.25, 0.3) is 0 Å². The van der Waals surface area contributed by atoms with Gasteiger partial charge >= 0.3 is 0 Å². The van der Waals surface area contributed by atoms with E-state index in [1.165, 1.54) is 23.4 Å². The smallest absolute Gasteiger partial charge is 0.136 e. The molecule has 0 saturated carbocycles. The molecule has 3 heteroatoms. The Morgan fingerprint density at radius 2 is 1.80 bits per heavy atom. The summed E-state index contributed by atoms with van der Waals surface area (Å²) in [4.78, 5) is 0.578. The summed E-state index contributed by atoms with van der Waals surface area (Å²) in [5.41, 5.74) is 2.17. The molecular weight excluding hydrogens is 271 g/mol. The lowest BCUT2D eigenvalue weighted by molar-refractivity contribution is 0.204. The molecule has 0 heterocycles. The van der Waals surface area contributed by atoms with Gasteiger partial charge in [-0.3, -0.25) is 0 Å². The van der Waals surface area contributed by atoms with Gasteiger partial charge in [-0.25, -0.2) is 4.39 Å². The van der Waals surface area contributed by atoms with E-state index in [2.05, 4.69) is 19.1 Å². The quantitative estimate of drug-likeness (QED) is 0.784. The molecule has 0 aliphatic heterocycles. The van der Waals surface area contributed by atoms with Crippen molar-refractivity contribution >= 4 is 11.8 Å². The molecule has 0 aromatic heterocycles. The van der Waals surface area contributed by atoms with Crippen molar-refractivity contribution in [2.45, 2.75) is 30.8 Å². The van der Waals surface area contributed by atoms with Crippen LogP contribution < -0.4 is 0 Å². The molecule has 1 nitrogen and oxygen atoms in total. The third kappa shape index (κ3) is 4.09. The Labute approximate surface area is 123 Å². The van der Waals surface area contributed by atoms with Gasteiger partial charge in [-0.1, -0.05) is 49.7 Å². The second kappa shape index (κ2) is 7.46. The molecule has 0 radical (unpaired) electrons. The Bertz CT molecular complexity index is 539. The minimum absolute atomic E-state index is 0.233. The van der Waals surface area contributed by atoms with E-state index in [9.17, 15) is 9.50 Å². The molecule has 106 valence electrons. The lowest BCUT2D eigenvalue weighted by atomic mass is 10.1. The maximum atomic E-state index is 13.5. The first-order valence-electron chi connectivity index (χ1n) is 6.85. The number of hydrogen-bond acceptors (Lipinski definition) is 2. The molecule has 0 saturated heterocycles. The maximum absolute atomic E-state index is 13.5. The van der Waals surface area contributed by atoms with Crippen LogP contribution >= 0.6 is 11.8 Å². The molecule has 2 aromatic carbocycles. The van der Waals surface area contributed by atoms with Gasteiger partial charge in [0.05, 0.1) is 6.10 Å². The van der Waals surface area contributed by atoms with E-state index in [0.717, 1.165) is 18.4 Å². The van der Waals surface area contributed by atoms with E-state index in [4.69, 9.17) is 0 Å². The summed E-state index contributed by atoms with van der Waals surface area (Å²) in [6.07, 6.45) is 1.60. The summed E-state index contributed by atoms with van der Waals surface area (Å²) < 4.78 is 13.5. The normalized spacial score (nSPS) is 12.3. The molecule has 0 fully saturated rings. The summed E-state index contributed by atoms with van der Waals surface area (Å²) in [7, 11) is 0. The molecule has 2 aromatic rings. The van der Waals surface area contributed by atoms with E-state index < -0.39 is 6.10 Å². The Hall–Kier alpha value is -1.32. The number of rotatable bonds is 6. The second-order valence-corrected chi connectivity index (χ2v) is 5.81. The average Bonchev–Trinajstić information content (AvgIpc) is 2.47. The minimum atomic E-state index is -0.574. The van der Waals surface area contributed by atoms with Gasteiger partial charge < -0.3 is 5.11 Å². The van der Waals surface area contributed by atoms with Crippen LogP contribution in [-0.2, 0) is 6.42 Å². The van der Waals surface area contributed by atoms with Crippen molar-refractivity contribution in [3.63, 3.8) is 0 Å². The molecule has 0 spiro atoms. The first-order chi connectivity index (χ1) is 9.70. The second-order valence-electron chi connectivity index (χ2n) is 4.75. The van der Waals surface area contributed by atoms with E-state index >= 15 is 0 Å². The van der Waals surface area contributed by atoms with Crippen LogP contribution in [0.2, 0.25) is 0 Å². The topological polar surface area (TPSA) is 20.2 Å². The summed E-state index contributed by atoms with van der Waals surface area (Å²) in [6, 6.07) is 14.7.